The van der Waals surface area contributed by atoms with Crippen LogP contribution in [-0.2, 0) is 19.4 Å². The fourth-order valence-corrected chi connectivity index (χ4v) is 3.34. The topological polar surface area (TPSA) is 78.4 Å². The van der Waals surface area contributed by atoms with E-state index >= 15 is 0 Å². The van der Waals surface area contributed by atoms with Crippen molar-refractivity contribution >= 4 is 6.03 Å². The summed E-state index contributed by atoms with van der Waals surface area (Å²) >= 11 is 0. The molecule has 0 aliphatic carbocycles. The highest BCUT2D eigenvalue weighted by Crippen LogP contribution is 2.20. The summed E-state index contributed by atoms with van der Waals surface area (Å²) in [6.07, 6.45) is 4.12. The number of urea groups is 1. The highest BCUT2D eigenvalue weighted by molar-refractivity contribution is 5.75. The van der Waals surface area contributed by atoms with Gasteiger partial charge in [0.2, 0.25) is 0 Å². The van der Waals surface area contributed by atoms with Crippen LogP contribution in [0.4, 0.5) is 4.79 Å². The van der Waals surface area contributed by atoms with E-state index < -0.39 is 0 Å². The number of nitrogens with zero attached hydrogens (tertiary/aromatic N) is 3. The van der Waals surface area contributed by atoms with Gasteiger partial charge in [0.25, 0.3) is 0 Å². The Morgan fingerprint density at radius 1 is 1.33 bits per heavy atom. The molecule has 6 nitrogen and oxygen atoms in total. The zero-order valence-electron chi connectivity index (χ0n) is 16.1. The second-order valence-electron chi connectivity index (χ2n) is 7.24. The van der Waals surface area contributed by atoms with Gasteiger partial charge in [0.1, 0.15) is 5.82 Å². The minimum Gasteiger partial charge on any atom is -0.396 e. The number of carbonyl (C=O) groups is 1. The fourth-order valence-electron chi connectivity index (χ4n) is 3.34. The molecule has 2 aromatic rings. The van der Waals surface area contributed by atoms with E-state index in [-0.39, 0.29) is 24.6 Å². The molecule has 1 aromatic carbocycles. The Morgan fingerprint density at radius 2 is 2.11 bits per heavy atom. The van der Waals surface area contributed by atoms with Crippen molar-refractivity contribution in [3.8, 4) is 0 Å². The Kier molecular flexibility index (Phi) is 6.40. The molecule has 2 atom stereocenters. The van der Waals surface area contributed by atoms with Gasteiger partial charge in [-0.05, 0) is 29.9 Å². The van der Waals surface area contributed by atoms with Crippen LogP contribution in [0.5, 0.6) is 0 Å². The first-order valence-electron chi connectivity index (χ1n) is 9.65. The van der Waals surface area contributed by atoms with Crippen molar-refractivity contribution in [3.63, 3.8) is 0 Å². The third-order valence-electron chi connectivity index (χ3n) is 5.03. The van der Waals surface area contributed by atoms with Crippen molar-refractivity contribution in [1.82, 2.24) is 20.2 Å². The average molecular weight is 368 g/mol. The molecular formula is C21H28N4O2. The van der Waals surface area contributed by atoms with Gasteiger partial charge in [-0.3, -0.25) is 0 Å². The number of aliphatic hydroxyl groups is 1. The Morgan fingerprint density at radius 3 is 2.81 bits per heavy atom. The van der Waals surface area contributed by atoms with Crippen LogP contribution in [0.1, 0.15) is 49.0 Å². The Balaban J connectivity index is 1.67. The second kappa shape index (κ2) is 8.95. The van der Waals surface area contributed by atoms with Gasteiger partial charge in [0, 0.05) is 25.8 Å². The number of benzene rings is 1. The van der Waals surface area contributed by atoms with Crippen molar-refractivity contribution in [2.75, 3.05) is 13.2 Å². The maximum absolute atomic E-state index is 12.8. The summed E-state index contributed by atoms with van der Waals surface area (Å²) < 4.78 is 0. The van der Waals surface area contributed by atoms with Crippen LogP contribution < -0.4 is 5.32 Å². The smallest absolute Gasteiger partial charge is 0.318 e. The molecule has 0 fully saturated rings. The lowest BCUT2D eigenvalue weighted by Gasteiger charge is -2.30. The highest BCUT2D eigenvalue weighted by atomic mass is 16.3. The van der Waals surface area contributed by atoms with Crippen LogP contribution in [0.25, 0.3) is 0 Å². The normalized spacial score (nSPS) is 15.7. The van der Waals surface area contributed by atoms with Gasteiger partial charge in [-0.2, -0.15) is 0 Å². The predicted octanol–water partition coefficient (Wildman–Crippen LogP) is 2.87. The average Bonchev–Trinajstić information content (AvgIpc) is 2.71. The summed E-state index contributed by atoms with van der Waals surface area (Å²) in [7, 11) is 0. The van der Waals surface area contributed by atoms with E-state index in [0.29, 0.717) is 19.5 Å². The fraction of sp³-hybridized carbons (Fsp3) is 0.476. The number of hydrogen-bond donors (Lipinski definition) is 2. The largest absolute Gasteiger partial charge is 0.396 e. The third-order valence-corrected chi connectivity index (χ3v) is 5.03. The molecule has 3 rings (SSSR count). The van der Waals surface area contributed by atoms with Gasteiger partial charge in [0.05, 0.1) is 18.3 Å². The molecule has 1 aliphatic heterocycles. The summed E-state index contributed by atoms with van der Waals surface area (Å²) in [5, 5.41) is 12.4. The van der Waals surface area contributed by atoms with E-state index in [1.807, 2.05) is 48.4 Å². The molecule has 144 valence electrons. The first kappa shape index (κ1) is 19.3. The van der Waals surface area contributed by atoms with E-state index in [1.54, 1.807) is 0 Å². The Bertz CT molecular complexity index is 766. The number of aromatic nitrogens is 2. The molecular weight excluding hydrogens is 340 g/mol. The predicted molar refractivity (Wildman–Crippen MR) is 104 cm³/mol. The molecule has 0 spiro atoms. The number of carbonyl (C=O) groups excluding carboxylic acids is 1. The number of hydrogen-bond acceptors (Lipinski definition) is 4. The third kappa shape index (κ3) is 4.83. The van der Waals surface area contributed by atoms with Crippen LogP contribution in [0.15, 0.2) is 36.5 Å². The molecule has 0 bridgehead atoms. The van der Waals surface area contributed by atoms with Crippen LogP contribution in [0.3, 0.4) is 0 Å². The Hall–Kier alpha value is -2.47. The van der Waals surface area contributed by atoms with Gasteiger partial charge in [-0.1, -0.05) is 44.2 Å². The van der Waals surface area contributed by atoms with E-state index in [2.05, 4.69) is 22.2 Å². The molecule has 1 aromatic heterocycles. The number of nitrogens with one attached hydrogen (secondary N) is 1. The SMILES string of the molecule is CC[C@@H](NC(=O)N1CCc2cnc(C[C@@H](C)CO)nc2C1)c1ccccc1. The van der Waals surface area contributed by atoms with Gasteiger partial charge in [0.15, 0.2) is 0 Å². The second-order valence-corrected chi connectivity index (χ2v) is 7.24. The molecule has 0 radical (unpaired) electrons. The summed E-state index contributed by atoms with van der Waals surface area (Å²) in [5.41, 5.74) is 3.14. The summed E-state index contributed by atoms with van der Waals surface area (Å²) in [4.78, 5) is 23.7. The standard InChI is InChI=1S/C21H28N4O2/c1-3-18(16-7-5-4-6-8-16)24-21(27)25-10-9-17-12-22-20(11-15(2)14-26)23-19(17)13-25/h4-8,12,15,18,26H,3,9-11,13-14H2,1-2H3,(H,24,27)/t15-,18-/m1/s1. The van der Waals surface area contributed by atoms with Crippen LogP contribution in [0, 0.1) is 5.92 Å². The molecule has 0 saturated heterocycles. The van der Waals surface area contributed by atoms with Gasteiger partial charge >= 0.3 is 6.03 Å². The first-order valence-corrected chi connectivity index (χ1v) is 9.65. The molecule has 2 heterocycles. The van der Waals surface area contributed by atoms with Crippen molar-refractivity contribution in [1.29, 1.82) is 0 Å². The molecule has 2 amide bonds. The monoisotopic (exact) mass is 368 g/mol. The minimum atomic E-state index is -0.0553. The van der Waals surface area contributed by atoms with Gasteiger partial charge in [-0.15, -0.1) is 0 Å². The molecule has 0 unspecified atom stereocenters. The number of rotatable bonds is 6. The van der Waals surface area contributed by atoms with Gasteiger partial charge < -0.3 is 15.3 Å². The zero-order valence-corrected chi connectivity index (χ0v) is 16.1. The lowest BCUT2D eigenvalue weighted by Crippen LogP contribution is -2.44. The van der Waals surface area contributed by atoms with E-state index in [1.165, 1.54) is 0 Å². The Labute approximate surface area is 160 Å². The summed E-state index contributed by atoms with van der Waals surface area (Å²) in [6.45, 7) is 5.32. The molecule has 2 N–H and O–H groups in total. The lowest BCUT2D eigenvalue weighted by atomic mass is 10.0. The van der Waals surface area contributed by atoms with Crippen molar-refractivity contribution in [2.24, 2.45) is 5.92 Å². The summed E-state index contributed by atoms with van der Waals surface area (Å²) in [6, 6.07) is 10.0. The molecule has 0 saturated carbocycles. The zero-order chi connectivity index (χ0) is 19.2. The van der Waals surface area contributed by atoms with E-state index in [4.69, 9.17) is 0 Å². The maximum Gasteiger partial charge on any atom is 0.318 e. The first-order chi connectivity index (χ1) is 13.1. The van der Waals surface area contributed by atoms with Crippen molar-refractivity contribution < 1.29 is 9.90 Å². The van der Waals surface area contributed by atoms with Crippen LogP contribution >= 0.6 is 0 Å². The number of aliphatic hydroxyl groups excluding tert-OH is 1. The number of amides is 2. The van der Waals surface area contributed by atoms with Gasteiger partial charge in [-0.25, -0.2) is 14.8 Å². The quantitative estimate of drug-likeness (QED) is 0.822. The van der Waals surface area contributed by atoms with E-state index in [9.17, 15) is 9.90 Å². The van der Waals surface area contributed by atoms with E-state index in [0.717, 1.165) is 35.5 Å². The maximum atomic E-state index is 12.8. The molecule has 27 heavy (non-hydrogen) atoms. The van der Waals surface area contributed by atoms with Crippen molar-refractivity contribution in [3.05, 3.63) is 59.2 Å². The lowest BCUT2D eigenvalue weighted by molar-refractivity contribution is 0.186. The van der Waals surface area contributed by atoms with Crippen LogP contribution in [-0.4, -0.2) is 39.2 Å². The molecule has 1 aliphatic rings. The summed E-state index contributed by atoms with van der Waals surface area (Å²) in [5.74, 6) is 0.857. The minimum absolute atomic E-state index is 0.00598. The number of fused-ring (bicyclic) bond motifs is 1. The molecule has 6 heteroatoms. The highest BCUT2D eigenvalue weighted by Gasteiger charge is 2.24. The van der Waals surface area contributed by atoms with Crippen LogP contribution in [0.2, 0.25) is 0 Å². The van der Waals surface area contributed by atoms with Crippen molar-refractivity contribution in [2.45, 2.75) is 45.7 Å².